The second-order valence-electron chi connectivity index (χ2n) is 3.56. The summed E-state index contributed by atoms with van der Waals surface area (Å²) in [5.41, 5.74) is 0.473. The van der Waals surface area contributed by atoms with Crippen molar-refractivity contribution in [2.75, 3.05) is 0 Å². The third-order valence-corrected chi connectivity index (χ3v) is 3.43. The maximum absolute atomic E-state index is 12.0. The molecule has 0 aliphatic rings. The van der Waals surface area contributed by atoms with Gasteiger partial charge in [0.1, 0.15) is 11.5 Å². The van der Waals surface area contributed by atoms with Crippen LogP contribution in [0.5, 0.6) is 11.5 Å². The Morgan fingerprint density at radius 3 is 2.00 bits per heavy atom. The van der Waals surface area contributed by atoms with Gasteiger partial charge in [-0.3, -0.25) is 0 Å². The summed E-state index contributed by atoms with van der Waals surface area (Å²) in [6.07, 6.45) is 0. The first-order chi connectivity index (χ1) is 9.09. The van der Waals surface area contributed by atoms with Crippen molar-refractivity contribution in [3.05, 3.63) is 60.2 Å². The Labute approximate surface area is 115 Å². The summed E-state index contributed by atoms with van der Waals surface area (Å²) in [6, 6.07) is 16.5. The summed E-state index contributed by atoms with van der Waals surface area (Å²) >= 11 is 5.73. The van der Waals surface area contributed by atoms with Crippen LogP contribution in [0.3, 0.4) is 0 Å². The van der Waals surface area contributed by atoms with Gasteiger partial charge in [-0.25, -0.2) is 4.57 Å². The average molecular weight is 294 g/mol. The minimum Gasteiger partial charge on any atom is -0.405 e. The zero-order valence-corrected chi connectivity index (χ0v) is 11.3. The molecule has 2 aromatic rings. The van der Waals surface area contributed by atoms with E-state index >= 15 is 0 Å². The van der Waals surface area contributed by atoms with Crippen LogP contribution < -0.4 is 9.05 Å². The molecule has 0 spiro atoms. The highest BCUT2D eigenvalue weighted by Gasteiger charge is 2.24. The van der Waals surface area contributed by atoms with Gasteiger partial charge in [-0.05, 0) is 36.4 Å². The van der Waals surface area contributed by atoms with Gasteiger partial charge in [0.25, 0.3) is 0 Å². The van der Waals surface area contributed by atoms with Gasteiger partial charge in [-0.15, -0.1) is 0 Å². The van der Waals surface area contributed by atoms with Crippen molar-refractivity contribution in [3.8, 4) is 17.6 Å². The summed E-state index contributed by atoms with van der Waals surface area (Å²) in [5, 5.41) is 8.66. The minimum atomic E-state index is -3.77. The maximum atomic E-state index is 12.0. The zero-order valence-electron chi connectivity index (χ0n) is 9.69. The van der Waals surface area contributed by atoms with Crippen LogP contribution in [0.1, 0.15) is 5.56 Å². The molecule has 2 rings (SSSR count). The molecular weight excluding hydrogens is 285 g/mol. The molecule has 1 unspecified atom stereocenters. The number of halogens is 1. The average Bonchev–Trinajstić information content (AvgIpc) is 2.39. The molecule has 0 saturated carbocycles. The molecule has 0 heterocycles. The molecule has 19 heavy (non-hydrogen) atoms. The summed E-state index contributed by atoms with van der Waals surface area (Å²) in [6.45, 7) is -3.77. The molecule has 0 radical (unpaired) electrons. The van der Waals surface area contributed by atoms with Crippen LogP contribution in [-0.4, -0.2) is 0 Å². The summed E-state index contributed by atoms with van der Waals surface area (Å²) < 4.78 is 22.2. The van der Waals surface area contributed by atoms with Crippen molar-refractivity contribution in [3.63, 3.8) is 0 Å². The van der Waals surface area contributed by atoms with E-state index in [0.29, 0.717) is 11.3 Å². The zero-order chi connectivity index (χ0) is 13.7. The quantitative estimate of drug-likeness (QED) is 0.786. The molecule has 0 aliphatic carbocycles. The van der Waals surface area contributed by atoms with Gasteiger partial charge >= 0.3 is 6.95 Å². The van der Waals surface area contributed by atoms with Crippen LogP contribution in [0.15, 0.2) is 54.6 Å². The minimum absolute atomic E-state index is 0.272. The molecule has 0 amide bonds. The van der Waals surface area contributed by atoms with Crippen molar-refractivity contribution in [1.82, 2.24) is 0 Å². The molecular formula is C13H9ClNO3P. The van der Waals surface area contributed by atoms with Crippen molar-refractivity contribution in [1.29, 1.82) is 5.26 Å². The summed E-state index contributed by atoms with van der Waals surface area (Å²) in [5.74, 6) is 0.628. The predicted octanol–water partition coefficient (Wildman–Crippen LogP) is 4.36. The van der Waals surface area contributed by atoms with E-state index in [2.05, 4.69) is 0 Å². The first-order valence-corrected chi connectivity index (χ1v) is 7.78. The van der Waals surface area contributed by atoms with E-state index in [1.165, 1.54) is 24.3 Å². The second-order valence-corrected chi connectivity index (χ2v) is 6.03. The Kier molecular flexibility index (Phi) is 4.11. The number of nitriles is 1. The van der Waals surface area contributed by atoms with Crippen LogP contribution in [0.4, 0.5) is 0 Å². The molecule has 4 nitrogen and oxygen atoms in total. The molecule has 0 aliphatic heterocycles. The Balaban J connectivity index is 2.08. The molecule has 0 saturated heterocycles. The number of hydrogen-bond donors (Lipinski definition) is 0. The SMILES string of the molecule is N#Cc1ccc(OP(=O)(Cl)Oc2ccccc2)cc1. The van der Waals surface area contributed by atoms with Crippen LogP contribution in [-0.2, 0) is 4.57 Å². The number of rotatable bonds is 4. The molecule has 0 bridgehead atoms. The fourth-order valence-electron chi connectivity index (χ4n) is 1.34. The Hall–Kier alpha value is -1.95. The molecule has 6 heteroatoms. The molecule has 2 aromatic carbocycles. The Morgan fingerprint density at radius 1 is 0.947 bits per heavy atom. The lowest BCUT2D eigenvalue weighted by Crippen LogP contribution is -1.95. The van der Waals surface area contributed by atoms with Gasteiger partial charge in [0, 0.05) is 11.2 Å². The topological polar surface area (TPSA) is 59.3 Å². The highest BCUT2D eigenvalue weighted by molar-refractivity contribution is 7.82. The third kappa shape index (κ3) is 4.03. The van der Waals surface area contributed by atoms with Crippen LogP contribution >= 0.6 is 18.2 Å². The van der Waals surface area contributed by atoms with Crippen molar-refractivity contribution >= 4 is 18.2 Å². The highest BCUT2D eigenvalue weighted by Crippen LogP contribution is 2.53. The summed E-state index contributed by atoms with van der Waals surface area (Å²) in [7, 11) is 0. The van der Waals surface area contributed by atoms with Crippen molar-refractivity contribution in [2.24, 2.45) is 0 Å². The maximum Gasteiger partial charge on any atom is 0.530 e. The number of benzene rings is 2. The van der Waals surface area contributed by atoms with Crippen LogP contribution in [0.25, 0.3) is 0 Å². The highest BCUT2D eigenvalue weighted by atomic mass is 35.7. The largest absolute Gasteiger partial charge is 0.530 e. The lowest BCUT2D eigenvalue weighted by atomic mass is 10.2. The number of hydrogen-bond acceptors (Lipinski definition) is 4. The first kappa shape index (κ1) is 13.5. The van der Waals surface area contributed by atoms with Gasteiger partial charge in [0.05, 0.1) is 11.6 Å². The molecule has 0 N–H and O–H groups in total. The Bertz CT molecular complexity index is 637. The predicted molar refractivity (Wildman–Crippen MR) is 72.3 cm³/mol. The standard InChI is InChI=1S/C13H9ClNO3P/c14-19(16,17-12-4-2-1-3-5-12)18-13-8-6-11(10-15)7-9-13/h1-9H. The van der Waals surface area contributed by atoms with E-state index in [-0.39, 0.29) is 5.75 Å². The third-order valence-electron chi connectivity index (χ3n) is 2.16. The summed E-state index contributed by atoms with van der Waals surface area (Å²) in [4.78, 5) is 0. The van der Waals surface area contributed by atoms with Gasteiger partial charge < -0.3 is 9.05 Å². The van der Waals surface area contributed by atoms with Crippen molar-refractivity contribution < 1.29 is 13.6 Å². The van der Waals surface area contributed by atoms with Gasteiger partial charge in [-0.2, -0.15) is 5.26 Å². The fraction of sp³-hybridized carbons (Fsp3) is 0. The number of nitrogens with zero attached hydrogens (tertiary/aromatic N) is 1. The van der Waals surface area contributed by atoms with E-state index in [1.54, 1.807) is 30.3 Å². The van der Waals surface area contributed by atoms with E-state index in [1.807, 2.05) is 6.07 Å². The lowest BCUT2D eigenvalue weighted by Gasteiger charge is -2.13. The normalized spacial score (nSPS) is 13.1. The smallest absolute Gasteiger partial charge is 0.405 e. The Morgan fingerprint density at radius 2 is 1.47 bits per heavy atom. The van der Waals surface area contributed by atoms with Crippen molar-refractivity contribution in [2.45, 2.75) is 0 Å². The van der Waals surface area contributed by atoms with E-state index in [4.69, 9.17) is 25.6 Å². The molecule has 0 aromatic heterocycles. The second kappa shape index (κ2) is 5.79. The first-order valence-electron chi connectivity index (χ1n) is 5.33. The van der Waals surface area contributed by atoms with E-state index in [9.17, 15) is 4.57 Å². The molecule has 1 atom stereocenters. The van der Waals surface area contributed by atoms with Gasteiger partial charge in [-0.1, -0.05) is 18.2 Å². The van der Waals surface area contributed by atoms with Crippen LogP contribution in [0.2, 0.25) is 0 Å². The molecule has 0 fully saturated rings. The van der Waals surface area contributed by atoms with E-state index < -0.39 is 6.95 Å². The van der Waals surface area contributed by atoms with Gasteiger partial charge in [0.15, 0.2) is 0 Å². The van der Waals surface area contributed by atoms with Gasteiger partial charge in [0.2, 0.25) is 0 Å². The number of para-hydroxylation sites is 1. The lowest BCUT2D eigenvalue weighted by molar-refractivity contribution is 0.406. The molecule has 96 valence electrons. The monoisotopic (exact) mass is 293 g/mol. The van der Waals surface area contributed by atoms with Crippen LogP contribution in [0, 0.1) is 11.3 Å². The van der Waals surface area contributed by atoms with E-state index in [0.717, 1.165) is 0 Å². The fourth-order valence-corrected chi connectivity index (χ4v) is 2.60.